The van der Waals surface area contributed by atoms with E-state index in [1.54, 1.807) is 0 Å². The van der Waals surface area contributed by atoms with Crippen LogP contribution in [0.5, 0.6) is 5.75 Å². The van der Waals surface area contributed by atoms with E-state index in [9.17, 15) is 5.11 Å². The molecular formula is C20H21NO2. The van der Waals surface area contributed by atoms with Gasteiger partial charge in [-0.15, -0.1) is 6.42 Å². The van der Waals surface area contributed by atoms with E-state index in [-0.39, 0.29) is 19.3 Å². The van der Waals surface area contributed by atoms with Crippen LogP contribution in [0.25, 0.3) is 0 Å². The minimum atomic E-state index is 0.0670. The van der Waals surface area contributed by atoms with Crippen LogP contribution >= 0.6 is 0 Å². The maximum absolute atomic E-state index is 9.85. The first kappa shape index (κ1) is 15.6. The van der Waals surface area contributed by atoms with Crippen molar-refractivity contribution in [3.05, 3.63) is 65.2 Å². The molecule has 0 spiro atoms. The van der Waals surface area contributed by atoms with Crippen LogP contribution in [0.1, 0.15) is 22.7 Å². The van der Waals surface area contributed by atoms with E-state index in [0.29, 0.717) is 0 Å². The zero-order chi connectivity index (χ0) is 16.1. The molecule has 2 aromatic carbocycles. The number of nitrogens with zero attached hydrogens (tertiary/aromatic N) is 1. The summed E-state index contributed by atoms with van der Waals surface area (Å²) in [6.45, 7) is 2.20. The van der Waals surface area contributed by atoms with Gasteiger partial charge in [0.05, 0.1) is 12.6 Å². The Morgan fingerprint density at radius 1 is 1.17 bits per heavy atom. The first-order chi connectivity index (χ1) is 11.3. The third-order valence-electron chi connectivity index (χ3n) is 4.33. The van der Waals surface area contributed by atoms with Crippen molar-refractivity contribution < 1.29 is 9.84 Å². The highest BCUT2D eigenvalue weighted by Crippen LogP contribution is 2.30. The molecule has 118 valence electrons. The Morgan fingerprint density at radius 3 is 2.70 bits per heavy atom. The lowest BCUT2D eigenvalue weighted by Gasteiger charge is -2.36. The molecule has 0 fully saturated rings. The van der Waals surface area contributed by atoms with Gasteiger partial charge in [-0.2, -0.15) is 0 Å². The zero-order valence-corrected chi connectivity index (χ0v) is 13.1. The van der Waals surface area contributed by atoms with Gasteiger partial charge in [-0.05, 0) is 35.2 Å². The topological polar surface area (TPSA) is 32.7 Å². The Morgan fingerprint density at radius 2 is 1.96 bits per heavy atom. The summed E-state index contributed by atoms with van der Waals surface area (Å²) in [5, 5.41) is 9.85. The van der Waals surface area contributed by atoms with Crippen molar-refractivity contribution in [1.82, 2.24) is 4.90 Å². The van der Waals surface area contributed by atoms with Crippen LogP contribution in [-0.4, -0.2) is 29.8 Å². The van der Waals surface area contributed by atoms with Crippen LogP contribution in [0, 0.1) is 12.3 Å². The summed E-state index contributed by atoms with van der Waals surface area (Å²) >= 11 is 0. The first-order valence-corrected chi connectivity index (χ1v) is 7.89. The number of terminal acetylenes is 1. The lowest BCUT2D eigenvalue weighted by molar-refractivity contribution is 0.108. The maximum Gasteiger partial charge on any atom is 0.148 e. The van der Waals surface area contributed by atoms with Crippen molar-refractivity contribution in [2.75, 3.05) is 19.8 Å². The predicted molar refractivity (Wildman–Crippen MR) is 91.2 cm³/mol. The standard InChI is InChI=1S/C20H21NO2/c1-2-13-23-18-9-7-16(8-10-18)14-21-12-11-17-5-3-4-6-19(17)20(21)15-22/h1,3-10,20,22H,11-15H2/t20-/m0/s1. The molecule has 0 aliphatic carbocycles. The predicted octanol–water partition coefficient (Wildman–Crippen LogP) is 2.79. The highest BCUT2D eigenvalue weighted by Gasteiger charge is 2.26. The maximum atomic E-state index is 9.85. The summed E-state index contributed by atoms with van der Waals surface area (Å²) < 4.78 is 5.40. The van der Waals surface area contributed by atoms with Gasteiger partial charge in [0, 0.05) is 13.1 Å². The van der Waals surface area contributed by atoms with Crippen LogP contribution in [0.2, 0.25) is 0 Å². The largest absolute Gasteiger partial charge is 0.481 e. The fraction of sp³-hybridized carbons (Fsp3) is 0.300. The van der Waals surface area contributed by atoms with Crippen molar-refractivity contribution in [3.63, 3.8) is 0 Å². The second kappa shape index (κ2) is 7.32. The highest BCUT2D eigenvalue weighted by atomic mass is 16.5. The summed E-state index contributed by atoms with van der Waals surface area (Å²) in [6, 6.07) is 16.5. The first-order valence-electron chi connectivity index (χ1n) is 7.89. The molecule has 0 bridgehead atoms. The Bertz CT molecular complexity index is 688. The van der Waals surface area contributed by atoms with E-state index in [4.69, 9.17) is 11.2 Å². The summed E-state index contributed by atoms with van der Waals surface area (Å²) in [4.78, 5) is 2.33. The minimum absolute atomic E-state index is 0.0670. The number of ether oxygens (including phenoxy) is 1. The molecule has 0 unspecified atom stereocenters. The molecule has 1 atom stereocenters. The van der Waals surface area contributed by atoms with E-state index >= 15 is 0 Å². The summed E-state index contributed by atoms with van der Waals surface area (Å²) in [6.07, 6.45) is 6.22. The van der Waals surface area contributed by atoms with Gasteiger partial charge in [0.1, 0.15) is 12.4 Å². The van der Waals surface area contributed by atoms with Gasteiger partial charge in [0.25, 0.3) is 0 Å². The molecule has 0 aromatic heterocycles. The van der Waals surface area contributed by atoms with Gasteiger partial charge in [0.15, 0.2) is 0 Å². The third-order valence-corrected chi connectivity index (χ3v) is 4.33. The molecule has 0 amide bonds. The van der Waals surface area contributed by atoms with Gasteiger partial charge in [-0.25, -0.2) is 0 Å². The molecule has 3 heteroatoms. The molecule has 0 saturated carbocycles. The van der Waals surface area contributed by atoms with E-state index in [1.807, 2.05) is 18.2 Å². The average molecular weight is 307 g/mol. The van der Waals surface area contributed by atoms with Crippen molar-refractivity contribution in [1.29, 1.82) is 0 Å². The second-order valence-corrected chi connectivity index (χ2v) is 5.75. The van der Waals surface area contributed by atoms with Gasteiger partial charge in [0.2, 0.25) is 0 Å². The second-order valence-electron chi connectivity index (χ2n) is 5.75. The Hall–Kier alpha value is -2.28. The van der Waals surface area contributed by atoms with Gasteiger partial charge < -0.3 is 9.84 Å². The van der Waals surface area contributed by atoms with Crippen molar-refractivity contribution in [2.45, 2.75) is 19.0 Å². The Balaban J connectivity index is 1.71. The minimum Gasteiger partial charge on any atom is -0.481 e. The number of benzene rings is 2. The fourth-order valence-electron chi connectivity index (χ4n) is 3.16. The quantitative estimate of drug-likeness (QED) is 0.862. The van der Waals surface area contributed by atoms with Gasteiger partial charge >= 0.3 is 0 Å². The highest BCUT2D eigenvalue weighted by molar-refractivity contribution is 5.33. The Labute approximate surface area is 137 Å². The summed E-state index contributed by atoms with van der Waals surface area (Å²) in [5.41, 5.74) is 3.80. The van der Waals surface area contributed by atoms with Crippen LogP contribution in [0.15, 0.2) is 48.5 Å². The van der Waals surface area contributed by atoms with Crippen molar-refractivity contribution in [3.8, 4) is 18.1 Å². The molecule has 1 N–H and O–H groups in total. The monoisotopic (exact) mass is 307 g/mol. The van der Waals surface area contributed by atoms with Crippen LogP contribution in [0.4, 0.5) is 0 Å². The number of rotatable bonds is 5. The molecule has 0 radical (unpaired) electrons. The molecule has 1 aliphatic rings. The number of hydrogen-bond donors (Lipinski definition) is 1. The molecule has 1 aliphatic heterocycles. The molecule has 2 aromatic rings. The molecule has 23 heavy (non-hydrogen) atoms. The molecule has 3 nitrogen and oxygen atoms in total. The van der Waals surface area contributed by atoms with E-state index in [2.05, 4.69) is 41.2 Å². The van der Waals surface area contributed by atoms with Crippen LogP contribution in [-0.2, 0) is 13.0 Å². The average Bonchev–Trinajstić information content (AvgIpc) is 2.61. The molecule has 1 heterocycles. The number of aliphatic hydroxyl groups excluding tert-OH is 1. The lowest BCUT2D eigenvalue weighted by Crippen LogP contribution is -2.36. The summed E-state index contributed by atoms with van der Waals surface area (Å²) in [5.74, 6) is 3.25. The normalized spacial score (nSPS) is 17.3. The van der Waals surface area contributed by atoms with Crippen LogP contribution < -0.4 is 4.74 Å². The number of fused-ring (bicyclic) bond motifs is 1. The number of hydrogen-bond acceptors (Lipinski definition) is 3. The van der Waals surface area contributed by atoms with Crippen LogP contribution in [0.3, 0.4) is 0 Å². The zero-order valence-electron chi connectivity index (χ0n) is 13.1. The molecule has 3 rings (SSSR count). The number of aliphatic hydroxyl groups is 1. The van der Waals surface area contributed by atoms with Crippen molar-refractivity contribution in [2.24, 2.45) is 0 Å². The fourth-order valence-corrected chi connectivity index (χ4v) is 3.16. The van der Waals surface area contributed by atoms with Crippen molar-refractivity contribution >= 4 is 0 Å². The van der Waals surface area contributed by atoms with Gasteiger partial charge in [-0.1, -0.05) is 42.3 Å². The van der Waals surface area contributed by atoms with E-state index < -0.39 is 0 Å². The smallest absolute Gasteiger partial charge is 0.148 e. The third kappa shape index (κ3) is 3.56. The Kier molecular flexibility index (Phi) is 4.97. The molecule has 0 saturated heterocycles. The SMILES string of the molecule is C#CCOc1ccc(CN2CCc3ccccc3[C@@H]2CO)cc1. The summed E-state index contributed by atoms with van der Waals surface area (Å²) in [7, 11) is 0. The van der Waals surface area contributed by atoms with Gasteiger partial charge in [-0.3, -0.25) is 4.90 Å². The van der Waals surface area contributed by atoms with E-state index in [1.165, 1.54) is 16.7 Å². The molecular weight excluding hydrogens is 286 g/mol. The lowest BCUT2D eigenvalue weighted by atomic mass is 9.92. The van der Waals surface area contributed by atoms with E-state index in [0.717, 1.165) is 25.3 Å².